The minimum absolute atomic E-state index is 0.107. The second-order valence-corrected chi connectivity index (χ2v) is 20.7. The number of esters is 1. The third-order valence-electron chi connectivity index (χ3n) is 15.5. The number of amides is 1. The van der Waals surface area contributed by atoms with Crippen LogP contribution in [0.3, 0.4) is 0 Å². The van der Waals surface area contributed by atoms with Gasteiger partial charge in [0.2, 0.25) is 5.79 Å². The van der Waals surface area contributed by atoms with Crippen molar-refractivity contribution in [2.24, 2.45) is 41.4 Å². The van der Waals surface area contributed by atoms with Crippen molar-refractivity contribution in [3.8, 4) is 0 Å². The molecule has 0 radical (unpaired) electrons. The number of hydrogen-bond donors (Lipinski definition) is 3. The van der Waals surface area contributed by atoms with E-state index in [0.717, 1.165) is 38.5 Å². The molecule has 3 heterocycles. The number of Topliss-reactive ketones (excluding diaryl/α,β-unsaturated/α-hetero) is 3. The van der Waals surface area contributed by atoms with Gasteiger partial charge in [-0.1, -0.05) is 73.3 Å². The van der Waals surface area contributed by atoms with Crippen LogP contribution in [0.5, 0.6) is 0 Å². The molecule has 4 aliphatic rings. The van der Waals surface area contributed by atoms with Crippen molar-refractivity contribution in [1.82, 2.24) is 4.90 Å². The molecule has 0 aromatic heterocycles. The Morgan fingerprint density at radius 2 is 1.48 bits per heavy atom. The van der Waals surface area contributed by atoms with Crippen LogP contribution in [0.4, 0.5) is 0 Å². The lowest BCUT2D eigenvalue weighted by molar-refractivity contribution is -0.267. The maximum absolute atomic E-state index is 14.4. The van der Waals surface area contributed by atoms with Crippen LogP contribution in [-0.2, 0) is 47.7 Å². The third kappa shape index (κ3) is 14.7. The van der Waals surface area contributed by atoms with Crippen LogP contribution >= 0.6 is 0 Å². The van der Waals surface area contributed by atoms with Crippen molar-refractivity contribution >= 4 is 29.2 Å². The summed E-state index contributed by atoms with van der Waals surface area (Å²) in [6, 6.07) is -1.12. The molecule has 3 aliphatic heterocycles. The van der Waals surface area contributed by atoms with Crippen LogP contribution in [0, 0.1) is 41.4 Å². The van der Waals surface area contributed by atoms with Crippen molar-refractivity contribution in [2.45, 2.75) is 212 Å². The predicted octanol–water partition coefficient (Wildman–Crippen LogP) is 6.71. The monoisotopic (exact) mass is 920 g/mol. The number of aliphatic hydroxyl groups is 3. The quantitative estimate of drug-likeness (QED) is 0.145. The average Bonchev–Trinajstić information content (AvgIpc) is 3.28. The lowest BCUT2D eigenvalue weighted by Crippen LogP contribution is -2.61. The first-order chi connectivity index (χ1) is 30.7. The van der Waals surface area contributed by atoms with E-state index in [1.807, 2.05) is 13.8 Å². The van der Waals surface area contributed by atoms with Crippen LogP contribution in [-0.4, -0.2) is 132 Å². The van der Waals surface area contributed by atoms with E-state index in [0.29, 0.717) is 63.4 Å². The summed E-state index contributed by atoms with van der Waals surface area (Å²) < 4.78 is 29.6. The summed E-state index contributed by atoms with van der Waals surface area (Å²) in [4.78, 5) is 71.9. The second-order valence-electron chi connectivity index (χ2n) is 20.7. The standard InChI is InChI=1S/C51H85NO13/c1-30-16-12-11-13-17-31(2)42(61-8)28-38-21-19-36(7)51(60,65-38)48(57)49(58)52-23-15-14-18-39(52)50(59)64-43(33(4)26-37-20-22-40(53)44(27-37)62-9)29-41(54)32(3)25-35(6)46(56)47(63-10)45(55)34(5)24-30/h25,30-34,36-40,42-44,46-47,53,56,60H,11-24,26-29H2,1-10H3/b35-25-/t30-,31?,32-,33-,34-,36-,37-,38+,39+,40-,42+,43+,44-,46-,47+,51-/m1/s1. The average molecular weight is 920 g/mol. The van der Waals surface area contributed by atoms with E-state index in [2.05, 4.69) is 13.8 Å². The Hall–Kier alpha value is -2.59. The van der Waals surface area contributed by atoms with Gasteiger partial charge in [-0.2, -0.15) is 0 Å². The molecular weight excluding hydrogens is 835 g/mol. The van der Waals surface area contributed by atoms with Gasteiger partial charge in [0.05, 0.1) is 24.4 Å². The minimum atomic E-state index is -2.39. The molecule has 1 saturated carbocycles. The van der Waals surface area contributed by atoms with Crippen molar-refractivity contribution in [3.05, 3.63) is 11.6 Å². The van der Waals surface area contributed by atoms with Crippen LogP contribution in [0.2, 0.25) is 0 Å². The van der Waals surface area contributed by atoms with Gasteiger partial charge in [0.1, 0.15) is 30.1 Å². The molecular formula is C51H85NO13. The Bertz CT molecular complexity index is 1600. The highest BCUT2D eigenvalue weighted by atomic mass is 16.6. The van der Waals surface area contributed by atoms with Gasteiger partial charge in [0.15, 0.2) is 5.78 Å². The van der Waals surface area contributed by atoms with Gasteiger partial charge in [-0.05, 0) is 107 Å². The molecule has 2 saturated heterocycles. The molecule has 1 aliphatic carbocycles. The van der Waals surface area contributed by atoms with E-state index in [9.17, 15) is 39.3 Å². The molecule has 0 spiro atoms. The molecule has 4 rings (SSSR count). The van der Waals surface area contributed by atoms with E-state index >= 15 is 0 Å². The molecule has 0 aromatic rings. The summed E-state index contributed by atoms with van der Waals surface area (Å²) in [5.74, 6) is -7.18. The maximum atomic E-state index is 14.4. The van der Waals surface area contributed by atoms with E-state index < -0.39 is 71.8 Å². The summed E-state index contributed by atoms with van der Waals surface area (Å²) in [5, 5.41) is 33.9. The Labute approximate surface area is 389 Å². The highest BCUT2D eigenvalue weighted by Gasteiger charge is 2.53. The van der Waals surface area contributed by atoms with E-state index in [1.54, 1.807) is 41.1 Å². The predicted molar refractivity (Wildman–Crippen MR) is 245 cm³/mol. The molecule has 0 aromatic carbocycles. The Balaban J connectivity index is 1.66. The van der Waals surface area contributed by atoms with Crippen molar-refractivity contribution in [2.75, 3.05) is 27.9 Å². The lowest BCUT2D eigenvalue weighted by atomic mass is 9.78. The zero-order valence-electron chi connectivity index (χ0n) is 41.3. The number of rotatable bonds is 6. The Morgan fingerprint density at radius 1 is 0.800 bits per heavy atom. The van der Waals surface area contributed by atoms with E-state index in [1.165, 1.54) is 12.0 Å². The molecule has 14 nitrogen and oxygen atoms in total. The molecule has 2 bridgehead atoms. The van der Waals surface area contributed by atoms with Gasteiger partial charge >= 0.3 is 5.97 Å². The summed E-state index contributed by atoms with van der Waals surface area (Å²) in [6.07, 6.45) is 7.34. The SMILES string of the molecule is CO[C@H]1C[C@@H]2CC[C@@H](C)[C@@](O)(O2)C(=O)C(=O)N2CCCC[C@H]2C(=O)O[C@H]([C@H](C)C[C@H]2CC[C@@H](O)[C@H](OC)C2)CC(=O)[C@H](C)/C=C(/C)[C@@H](O)[C@@H](OC)C(=O)[C@H](C)C[C@H](C)CCCCCC1C. The van der Waals surface area contributed by atoms with Crippen LogP contribution < -0.4 is 0 Å². The highest BCUT2D eigenvalue weighted by Crippen LogP contribution is 2.38. The number of piperidine rings is 1. The number of aliphatic hydroxyl groups excluding tert-OH is 2. The maximum Gasteiger partial charge on any atom is 0.329 e. The number of ether oxygens (including phenoxy) is 5. The molecule has 3 N–H and O–H groups in total. The van der Waals surface area contributed by atoms with Crippen molar-refractivity contribution in [1.29, 1.82) is 0 Å². The molecule has 65 heavy (non-hydrogen) atoms. The lowest BCUT2D eigenvalue weighted by Gasteiger charge is -2.43. The normalized spacial score (nSPS) is 40.4. The van der Waals surface area contributed by atoms with Gasteiger partial charge in [-0.15, -0.1) is 0 Å². The summed E-state index contributed by atoms with van der Waals surface area (Å²) in [7, 11) is 4.63. The summed E-state index contributed by atoms with van der Waals surface area (Å²) >= 11 is 0. The first-order valence-corrected chi connectivity index (χ1v) is 24.9. The topological polar surface area (TPSA) is 195 Å². The van der Waals surface area contributed by atoms with E-state index in [-0.39, 0.29) is 72.8 Å². The molecule has 14 heteroatoms. The summed E-state index contributed by atoms with van der Waals surface area (Å²) in [6.45, 7) is 13.2. The zero-order valence-corrected chi connectivity index (χ0v) is 41.3. The largest absolute Gasteiger partial charge is 0.460 e. The van der Waals surface area contributed by atoms with Crippen LogP contribution in [0.15, 0.2) is 11.6 Å². The molecule has 1 unspecified atom stereocenters. The van der Waals surface area contributed by atoms with Gasteiger partial charge in [-0.3, -0.25) is 19.2 Å². The van der Waals surface area contributed by atoms with Crippen LogP contribution in [0.25, 0.3) is 0 Å². The first-order valence-electron chi connectivity index (χ1n) is 24.9. The number of cyclic esters (lactones) is 1. The van der Waals surface area contributed by atoms with Gasteiger partial charge in [0.25, 0.3) is 11.7 Å². The van der Waals surface area contributed by atoms with Crippen LogP contribution in [0.1, 0.15) is 158 Å². The number of carbonyl (C=O) groups is 5. The fraction of sp³-hybridized carbons (Fsp3) is 0.863. The molecule has 372 valence electrons. The number of fused-ring (bicyclic) bond motifs is 3. The third-order valence-corrected chi connectivity index (χ3v) is 15.5. The Morgan fingerprint density at radius 3 is 2.15 bits per heavy atom. The number of nitrogens with zero attached hydrogens (tertiary/aromatic N) is 1. The minimum Gasteiger partial charge on any atom is -0.460 e. The molecule has 3 fully saturated rings. The van der Waals surface area contributed by atoms with Gasteiger partial charge < -0.3 is 43.9 Å². The van der Waals surface area contributed by atoms with Crippen molar-refractivity contribution < 1.29 is 63.0 Å². The number of allylic oxidation sites excluding steroid dienone is 1. The Kier molecular flexibility index (Phi) is 21.7. The highest BCUT2D eigenvalue weighted by molar-refractivity contribution is 6.39. The fourth-order valence-corrected chi connectivity index (χ4v) is 11.0. The zero-order chi connectivity index (χ0) is 48.2. The summed E-state index contributed by atoms with van der Waals surface area (Å²) in [5.41, 5.74) is 0.415. The second kappa shape index (κ2) is 25.7. The van der Waals surface area contributed by atoms with Gasteiger partial charge in [0, 0.05) is 58.5 Å². The number of hydrogen-bond acceptors (Lipinski definition) is 13. The molecule has 16 atom stereocenters. The van der Waals surface area contributed by atoms with Crippen molar-refractivity contribution in [3.63, 3.8) is 0 Å². The van der Waals surface area contributed by atoms with Gasteiger partial charge in [-0.25, -0.2) is 4.79 Å². The van der Waals surface area contributed by atoms with E-state index in [4.69, 9.17) is 23.7 Å². The number of methoxy groups -OCH3 is 3. The first kappa shape index (κ1) is 55.0. The fourth-order valence-electron chi connectivity index (χ4n) is 11.0. The smallest absolute Gasteiger partial charge is 0.329 e. The number of ketones is 3. The number of carbonyl (C=O) groups excluding carboxylic acids is 5. The molecule has 1 amide bonds.